The van der Waals surface area contributed by atoms with Crippen LogP contribution in [-0.4, -0.2) is 39.9 Å². The van der Waals surface area contributed by atoms with Gasteiger partial charge < -0.3 is 10.2 Å². The van der Waals surface area contributed by atoms with Gasteiger partial charge in [-0.05, 0) is 13.3 Å². The first-order valence-corrected chi connectivity index (χ1v) is 6.52. The van der Waals surface area contributed by atoms with Crippen LogP contribution in [0, 0.1) is 0 Å². The van der Waals surface area contributed by atoms with Gasteiger partial charge in [-0.25, -0.2) is 0 Å². The molecule has 0 aromatic heterocycles. The number of hydrogen-bond acceptors (Lipinski definition) is 4. The molecule has 3 N–H and O–H groups in total. The van der Waals surface area contributed by atoms with E-state index in [1.54, 1.807) is 6.08 Å². The molecule has 0 saturated carbocycles. The Morgan fingerprint density at radius 3 is 1.89 bits per heavy atom. The maximum atomic E-state index is 10.9. The van der Waals surface area contributed by atoms with Crippen molar-refractivity contribution in [3.63, 3.8) is 0 Å². The lowest BCUT2D eigenvalue weighted by atomic mass is 9.99. The highest BCUT2D eigenvalue weighted by atomic mass is 32.2. The van der Waals surface area contributed by atoms with Gasteiger partial charge in [0, 0.05) is 0 Å². The fraction of sp³-hybridized carbons (Fsp3) is 0.600. The van der Waals surface area contributed by atoms with Crippen LogP contribution >= 0.6 is 0 Å². The molecule has 0 aromatic carbocycles. The quantitative estimate of drug-likeness (QED) is 0.492. The minimum absolute atomic E-state index is 0.124. The summed E-state index contributed by atoms with van der Waals surface area (Å²) in [5.41, 5.74) is 0. The van der Waals surface area contributed by atoms with E-state index < -0.39 is 39.6 Å². The summed E-state index contributed by atoms with van der Waals surface area (Å²) in [5.74, 6) is -3.45. The second-order valence-corrected chi connectivity index (χ2v) is 5.23. The number of hydrogen-bond donors (Lipinski definition) is 3. The van der Waals surface area contributed by atoms with Gasteiger partial charge in [0.15, 0.2) is 0 Å². The molecule has 0 radical (unpaired) electrons. The molecule has 0 aliphatic heterocycles. The summed E-state index contributed by atoms with van der Waals surface area (Å²) in [6.07, 6.45) is 0.266. The monoisotopic (exact) mass is 282 g/mol. The van der Waals surface area contributed by atoms with Crippen LogP contribution in [0.2, 0.25) is 0 Å². The molecule has 1 unspecified atom stereocenters. The minimum Gasteiger partial charge on any atom is -0.481 e. The van der Waals surface area contributed by atoms with Crippen LogP contribution in [0.4, 0.5) is 0 Å². The van der Waals surface area contributed by atoms with Gasteiger partial charge >= 0.3 is 11.9 Å². The molecule has 0 heterocycles. The van der Waals surface area contributed by atoms with E-state index in [1.807, 2.05) is 6.92 Å². The molecule has 18 heavy (non-hydrogen) atoms. The van der Waals surface area contributed by atoms with Crippen LogP contribution in [0.25, 0.3) is 0 Å². The molecule has 0 spiro atoms. The van der Waals surface area contributed by atoms with Gasteiger partial charge in [-0.15, -0.1) is 6.58 Å². The van der Waals surface area contributed by atoms with Gasteiger partial charge in [-0.3, -0.25) is 14.1 Å². The second kappa shape index (κ2) is 7.83. The molecule has 0 saturated heterocycles. The highest BCUT2D eigenvalue weighted by Gasteiger charge is 2.51. The van der Waals surface area contributed by atoms with Crippen LogP contribution in [0.3, 0.4) is 0 Å². The Kier molecular flexibility index (Phi) is 8.24. The molecule has 106 valence electrons. The Morgan fingerprint density at radius 1 is 1.33 bits per heavy atom. The molecule has 7 nitrogen and oxygen atoms in total. The molecule has 0 aliphatic carbocycles. The van der Waals surface area contributed by atoms with Gasteiger partial charge in [-0.1, -0.05) is 19.4 Å². The SMILES string of the molecule is C=CC.CCCC(CC(=O)O)(C(=O)O)S(=O)(=O)O. The molecule has 8 heteroatoms. The van der Waals surface area contributed by atoms with E-state index in [2.05, 4.69) is 6.58 Å². The first kappa shape index (κ1) is 18.9. The van der Waals surface area contributed by atoms with E-state index in [0.29, 0.717) is 0 Å². The van der Waals surface area contributed by atoms with Crippen LogP contribution in [0.5, 0.6) is 0 Å². The Labute approximate surface area is 106 Å². The molecular weight excluding hydrogens is 264 g/mol. The number of carbonyl (C=O) groups is 2. The highest BCUT2D eigenvalue weighted by molar-refractivity contribution is 7.88. The molecule has 0 fully saturated rings. The largest absolute Gasteiger partial charge is 0.481 e. The van der Waals surface area contributed by atoms with E-state index in [0.717, 1.165) is 0 Å². The van der Waals surface area contributed by atoms with Crippen molar-refractivity contribution in [3.8, 4) is 0 Å². The fourth-order valence-corrected chi connectivity index (χ4v) is 2.24. The first-order valence-electron chi connectivity index (χ1n) is 5.08. The molecule has 0 aliphatic rings. The molecular formula is C10H18O7S. The zero-order valence-corrected chi connectivity index (χ0v) is 11.1. The third kappa shape index (κ3) is 5.28. The summed E-state index contributed by atoms with van der Waals surface area (Å²) in [6.45, 7) is 6.74. The normalized spacial score (nSPS) is 13.7. The maximum Gasteiger partial charge on any atom is 0.328 e. The second-order valence-electron chi connectivity index (χ2n) is 3.50. The zero-order chi connectivity index (χ0) is 15.0. The van der Waals surface area contributed by atoms with E-state index in [-0.39, 0.29) is 6.42 Å². The predicted octanol–water partition coefficient (Wildman–Crippen LogP) is 1.16. The Morgan fingerprint density at radius 2 is 1.72 bits per heavy atom. The number of carboxylic acid groups (broad SMARTS) is 2. The Hall–Kier alpha value is -1.41. The Balaban J connectivity index is 0. The van der Waals surface area contributed by atoms with Gasteiger partial charge in [0.2, 0.25) is 4.75 Å². The zero-order valence-electron chi connectivity index (χ0n) is 10.3. The molecule has 0 rings (SSSR count). The van der Waals surface area contributed by atoms with Crippen molar-refractivity contribution in [3.05, 3.63) is 12.7 Å². The molecule has 0 aromatic rings. The van der Waals surface area contributed by atoms with Crippen molar-refractivity contribution in [2.45, 2.75) is 37.9 Å². The lowest BCUT2D eigenvalue weighted by molar-refractivity contribution is -0.147. The van der Waals surface area contributed by atoms with Gasteiger partial charge in [0.25, 0.3) is 10.1 Å². The third-order valence-corrected chi connectivity index (χ3v) is 3.48. The van der Waals surface area contributed by atoms with Crippen molar-refractivity contribution in [2.75, 3.05) is 0 Å². The molecule has 1 atom stereocenters. The van der Waals surface area contributed by atoms with E-state index >= 15 is 0 Å². The average Bonchev–Trinajstić information content (AvgIpc) is 2.15. The molecule has 0 bridgehead atoms. The van der Waals surface area contributed by atoms with Crippen LogP contribution < -0.4 is 0 Å². The van der Waals surface area contributed by atoms with Crippen molar-refractivity contribution in [1.29, 1.82) is 0 Å². The van der Waals surface area contributed by atoms with Crippen LogP contribution in [-0.2, 0) is 19.7 Å². The number of aliphatic carboxylic acids is 2. The summed E-state index contributed by atoms with van der Waals surface area (Å²) in [7, 11) is -4.96. The Bertz CT molecular complexity index is 398. The average molecular weight is 282 g/mol. The van der Waals surface area contributed by atoms with Gasteiger partial charge in [-0.2, -0.15) is 8.42 Å². The summed E-state index contributed by atoms with van der Waals surface area (Å²) < 4.78 is 28.0. The molecule has 0 amide bonds. The van der Waals surface area contributed by atoms with Crippen molar-refractivity contribution >= 4 is 22.1 Å². The summed E-state index contributed by atoms with van der Waals surface area (Å²) in [4.78, 5) is 21.2. The van der Waals surface area contributed by atoms with Crippen molar-refractivity contribution in [1.82, 2.24) is 0 Å². The topological polar surface area (TPSA) is 129 Å². The predicted molar refractivity (Wildman–Crippen MR) is 64.9 cm³/mol. The van der Waals surface area contributed by atoms with E-state index in [1.165, 1.54) is 6.92 Å². The third-order valence-electron chi connectivity index (χ3n) is 1.97. The number of carboxylic acids is 2. The van der Waals surface area contributed by atoms with Gasteiger partial charge in [0.05, 0.1) is 6.42 Å². The maximum absolute atomic E-state index is 10.9. The van der Waals surface area contributed by atoms with Crippen LogP contribution in [0.1, 0.15) is 33.1 Å². The van der Waals surface area contributed by atoms with Gasteiger partial charge in [0.1, 0.15) is 0 Å². The smallest absolute Gasteiger partial charge is 0.328 e. The highest BCUT2D eigenvalue weighted by Crippen LogP contribution is 2.27. The van der Waals surface area contributed by atoms with E-state index in [9.17, 15) is 18.0 Å². The lowest BCUT2D eigenvalue weighted by Gasteiger charge is -2.23. The minimum atomic E-state index is -4.96. The number of rotatable bonds is 6. The lowest BCUT2D eigenvalue weighted by Crippen LogP contribution is -2.47. The first-order chi connectivity index (χ1) is 8.08. The van der Waals surface area contributed by atoms with Crippen molar-refractivity contribution in [2.24, 2.45) is 0 Å². The summed E-state index contributed by atoms with van der Waals surface area (Å²) in [6, 6.07) is 0. The number of allylic oxidation sites excluding steroid dienone is 1. The standard InChI is InChI=1S/C7H12O7S.C3H6/c1-2-3-7(6(10)11,4-5(8)9)15(12,13)14;1-3-2/h2-4H2,1H3,(H,8,9)(H,10,11)(H,12,13,14);3H,1H2,2H3. The summed E-state index contributed by atoms with van der Waals surface area (Å²) in [5, 5.41) is 17.2. The summed E-state index contributed by atoms with van der Waals surface area (Å²) >= 11 is 0. The van der Waals surface area contributed by atoms with Crippen LogP contribution in [0.15, 0.2) is 12.7 Å². The van der Waals surface area contributed by atoms with Crippen molar-refractivity contribution < 1.29 is 32.8 Å². The van der Waals surface area contributed by atoms with E-state index in [4.69, 9.17) is 14.8 Å². The fourth-order valence-electron chi connectivity index (χ4n) is 1.25.